The Labute approximate surface area is 130 Å². The molecule has 2 rings (SSSR count). The highest BCUT2D eigenvalue weighted by Gasteiger charge is 2.14. The SMILES string of the molecule is CN(C)/C=C(\Oc1ccccc1)C(=O)COc1ccccc1. The normalized spacial score (nSPS) is 10.9. The van der Waals surface area contributed by atoms with Gasteiger partial charge in [0.05, 0.1) is 0 Å². The average Bonchev–Trinajstić information content (AvgIpc) is 2.53. The Morgan fingerprint density at radius 2 is 1.50 bits per heavy atom. The molecule has 0 saturated heterocycles. The van der Waals surface area contributed by atoms with E-state index in [4.69, 9.17) is 9.47 Å². The number of hydrogen-bond acceptors (Lipinski definition) is 4. The summed E-state index contributed by atoms with van der Waals surface area (Å²) in [6.45, 7) is -0.0729. The third-order valence-electron chi connectivity index (χ3n) is 2.73. The van der Waals surface area contributed by atoms with Gasteiger partial charge in [-0.2, -0.15) is 0 Å². The molecule has 0 N–H and O–H groups in total. The summed E-state index contributed by atoms with van der Waals surface area (Å²) in [6.07, 6.45) is 1.64. The van der Waals surface area contributed by atoms with Gasteiger partial charge in [-0.25, -0.2) is 0 Å². The van der Waals surface area contributed by atoms with Gasteiger partial charge in [-0.15, -0.1) is 0 Å². The zero-order chi connectivity index (χ0) is 15.8. The fourth-order valence-corrected chi connectivity index (χ4v) is 1.74. The van der Waals surface area contributed by atoms with Gasteiger partial charge in [-0.1, -0.05) is 36.4 Å². The number of hydrogen-bond donors (Lipinski definition) is 0. The first-order chi connectivity index (χ1) is 10.6. The van der Waals surface area contributed by atoms with Crippen molar-refractivity contribution in [3.63, 3.8) is 0 Å². The number of rotatable bonds is 7. The first-order valence-electron chi connectivity index (χ1n) is 6.97. The number of ketones is 1. The fraction of sp³-hybridized carbons (Fsp3) is 0.167. The maximum atomic E-state index is 12.3. The van der Waals surface area contributed by atoms with Crippen molar-refractivity contribution in [3.8, 4) is 11.5 Å². The van der Waals surface area contributed by atoms with E-state index in [1.165, 1.54) is 0 Å². The van der Waals surface area contributed by atoms with Crippen LogP contribution in [0.1, 0.15) is 0 Å². The van der Waals surface area contributed by atoms with Crippen molar-refractivity contribution in [2.75, 3.05) is 20.7 Å². The van der Waals surface area contributed by atoms with Gasteiger partial charge in [0.15, 0.2) is 12.4 Å². The molecule has 0 bridgehead atoms. The minimum absolute atomic E-state index is 0.0729. The van der Waals surface area contributed by atoms with Crippen LogP contribution in [0.25, 0.3) is 0 Å². The number of benzene rings is 2. The second-order valence-corrected chi connectivity index (χ2v) is 4.90. The van der Waals surface area contributed by atoms with Crippen LogP contribution in [-0.4, -0.2) is 31.4 Å². The third kappa shape index (κ3) is 4.98. The minimum Gasteiger partial charge on any atom is -0.485 e. The number of ether oxygens (including phenoxy) is 2. The van der Waals surface area contributed by atoms with E-state index < -0.39 is 0 Å². The van der Waals surface area contributed by atoms with E-state index in [0.29, 0.717) is 11.5 Å². The molecular formula is C18H19NO3. The third-order valence-corrected chi connectivity index (χ3v) is 2.73. The molecule has 0 fully saturated rings. The molecule has 0 radical (unpaired) electrons. The first-order valence-corrected chi connectivity index (χ1v) is 6.97. The Hall–Kier alpha value is -2.75. The highest BCUT2D eigenvalue weighted by Crippen LogP contribution is 2.15. The molecule has 22 heavy (non-hydrogen) atoms. The van der Waals surface area contributed by atoms with Crippen molar-refractivity contribution in [1.29, 1.82) is 0 Å². The van der Waals surface area contributed by atoms with Crippen LogP contribution in [0.3, 0.4) is 0 Å². The monoisotopic (exact) mass is 297 g/mol. The summed E-state index contributed by atoms with van der Waals surface area (Å²) in [5.41, 5.74) is 0. The lowest BCUT2D eigenvalue weighted by Crippen LogP contribution is -2.20. The lowest BCUT2D eigenvalue weighted by atomic mass is 10.3. The van der Waals surface area contributed by atoms with Gasteiger partial charge in [-0.3, -0.25) is 4.79 Å². The summed E-state index contributed by atoms with van der Waals surface area (Å²) >= 11 is 0. The predicted molar refractivity (Wildman–Crippen MR) is 85.8 cm³/mol. The van der Waals surface area contributed by atoms with Crippen LogP contribution in [0.5, 0.6) is 11.5 Å². The molecular weight excluding hydrogens is 278 g/mol. The summed E-state index contributed by atoms with van der Waals surface area (Å²) in [4.78, 5) is 14.1. The van der Waals surface area contributed by atoms with Crippen molar-refractivity contribution in [1.82, 2.24) is 4.90 Å². The molecule has 114 valence electrons. The van der Waals surface area contributed by atoms with E-state index >= 15 is 0 Å². The Balaban J connectivity index is 2.04. The topological polar surface area (TPSA) is 38.8 Å². The average molecular weight is 297 g/mol. The largest absolute Gasteiger partial charge is 0.485 e. The molecule has 2 aromatic rings. The summed E-state index contributed by atoms with van der Waals surface area (Å²) < 4.78 is 11.1. The van der Waals surface area contributed by atoms with Gasteiger partial charge in [0, 0.05) is 20.3 Å². The van der Waals surface area contributed by atoms with Crippen molar-refractivity contribution >= 4 is 5.78 Å². The fourth-order valence-electron chi connectivity index (χ4n) is 1.74. The Bertz CT molecular complexity index is 621. The van der Waals surface area contributed by atoms with Crippen molar-refractivity contribution in [2.24, 2.45) is 0 Å². The van der Waals surface area contributed by atoms with Gasteiger partial charge in [0.1, 0.15) is 11.5 Å². The van der Waals surface area contributed by atoms with E-state index in [0.717, 1.165) is 0 Å². The van der Waals surface area contributed by atoms with Crippen LogP contribution in [0, 0.1) is 0 Å². The van der Waals surface area contributed by atoms with Crippen LogP contribution in [0.2, 0.25) is 0 Å². The Kier molecular flexibility index (Phi) is 5.60. The Morgan fingerprint density at radius 1 is 0.955 bits per heavy atom. The summed E-state index contributed by atoms with van der Waals surface area (Å²) in [7, 11) is 3.67. The van der Waals surface area contributed by atoms with Crippen LogP contribution in [0.4, 0.5) is 0 Å². The highest BCUT2D eigenvalue weighted by molar-refractivity contribution is 5.95. The second kappa shape index (κ2) is 7.88. The zero-order valence-corrected chi connectivity index (χ0v) is 12.7. The zero-order valence-electron chi connectivity index (χ0n) is 12.7. The maximum absolute atomic E-state index is 12.3. The van der Waals surface area contributed by atoms with E-state index in [1.54, 1.807) is 35.4 Å². The second-order valence-electron chi connectivity index (χ2n) is 4.90. The van der Waals surface area contributed by atoms with E-state index in [1.807, 2.05) is 50.5 Å². The molecule has 0 aliphatic rings. The molecule has 4 nitrogen and oxygen atoms in total. The van der Waals surface area contributed by atoms with Gasteiger partial charge in [0.25, 0.3) is 0 Å². The summed E-state index contributed by atoms with van der Waals surface area (Å²) in [5, 5.41) is 0. The van der Waals surface area contributed by atoms with Gasteiger partial charge >= 0.3 is 0 Å². The molecule has 0 aromatic heterocycles. The number of carbonyl (C=O) groups excluding carboxylic acids is 1. The Morgan fingerprint density at radius 3 is 2.05 bits per heavy atom. The first kappa shape index (κ1) is 15.6. The standard InChI is InChI=1S/C18H19NO3/c1-19(2)13-18(22-16-11-7-4-8-12-16)17(20)14-21-15-9-5-3-6-10-15/h3-13H,14H2,1-2H3/b18-13-. The van der Waals surface area contributed by atoms with Crippen molar-refractivity contribution in [2.45, 2.75) is 0 Å². The number of nitrogens with zero attached hydrogens (tertiary/aromatic N) is 1. The van der Waals surface area contributed by atoms with Crippen LogP contribution >= 0.6 is 0 Å². The molecule has 0 saturated carbocycles. The van der Waals surface area contributed by atoms with Crippen LogP contribution in [0.15, 0.2) is 72.6 Å². The molecule has 2 aromatic carbocycles. The molecule has 0 heterocycles. The van der Waals surface area contributed by atoms with E-state index in [2.05, 4.69) is 0 Å². The van der Waals surface area contributed by atoms with Crippen molar-refractivity contribution in [3.05, 3.63) is 72.6 Å². The number of para-hydroxylation sites is 2. The molecule has 0 aliphatic heterocycles. The minimum atomic E-state index is -0.221. The molecule has 0 atom stereocenters. The quantitative estimate of drug-likeness (QED) is 0.581. The van der Waals surface area contributed by atoms with Gasteiger partial charge < -0.3 is 14.4 Å². The smallest absolute Gasteiger partial charge is 0.236 e. The molecule has 0 aliphatic carbocycles. The molecule has 4 heteroatoms. The van der Waals surface area contributed by atoms with Gasteiger partial charge in [-0.05, 0) is 24.3 Å². The maximum Gasteiger partial charge on any atom is 0.236 e. The number of Topliss-reactive ketones (excluding diaryl/α,β-unsaturated/α-hetero) is 1. The van der Waals surface area contributed by atoms with Gasteiger partial charge in [0.2, 0.25) is 5.78 Å². The van der Waals surface area contributed by atoms with Crippen LogP contribution < -0.4 is 9.47 Å². The molecule has 0 amide bonds. The summed E-state index contributed by atoms with van der Waals surface area (Å²) in [6, 6.07) is 18.4. The summed E-state index contributed by atoms with van der Waals surface area (Å²) in [5.74, 6) is 1.29. The van der Waals surface area contributed by atoms with Crippen molar-refractivity contribution < 1.29 is 14.3 Å². The number of carbonyl (C=O) groups is 1. The molecule has 0 unspecified atom stereocenters. The lowest BCUT2D eigenvalue weighted by Gasteiger charge is -2.13. The van der Waals surface area contributed by atoms with E-state index in [-0.39, 0.29) is 18.1 Å². The predicted octanol–water partition coefficient (Wildman–Crippen LogP) is 3.12. The lowest BCUT2D eigenvalue weighted by molar-refractivity contribution is -0.119. The van der Waals surface area contributed by atoms with Crippen LogP contribution in [-0.2, 0) is 4.79 Å². The van der Waals surface area contributed by atoms with E-state index in [9.17, 15) is 4.79 Å². The highest BCUT2D eigenvalue weighted by atomic mass is 16.5. The molecule has 0 spiro atoms.